The van der Waals surface area contributed by atoms with E-state index in [1.807, 2.05) is 18.2 Å². The zero-order valence-corrected chi connectivity index (χ0v) is 12.1. The number of amides is 1. The number of nitrogens with one attached hydrogen (secondary N) is 1. The van der Waals surface area contributed by atoms with Crippen LogP contribution in [0, 0.1) is 0 Å². The van der Waals surface area contributed by atoms with Crippen molar-refractivity contribution in [3.63, 3.8) is 0 Å². The number of carbonyl (C=O) groups is 2. The second-order valence-corrected chi connectivity index (χ2v) is 5.99. The van der Waals surface area contributed by atoms with Crippen molar-refractivity contribution in [1.29, 1.82) is 0 Å². The highest BCUT2D eigenvalue weighted by Crippen LogP contribution is 2.34. The molecule has 0 saturated heterocycles. The Labute approximate surface area is 123 Å². The average molecular weight is 293 g/mol. The largest absolute Gasteiger partial charge is 0.481 e. The summed E-state index contributed by atoms with van der Waals surface area (Å²) >= 11 is 1.14. The molecule has 1 aromatic carbocycles. The zero-order chi connectivity index (χ0) is 14.4. The average Bonchev–Trinajstić information content (AvgIpc) is 2.87. The highest BCUT2D eigenvalue weighted by molar-refractivity contribution is 8.00. The summed E-state index contributed by atoms with van der Waals surface area (Å²) in [4.78, 5) is 22.2. The van der Waals surface area contributed by atoms with Crippen LogP contribution in [0.4, 0.5) is 0 Å². The summed E-state index contributed by atoms with van der Waals surface area (Å²) in [7, 11) is 0. The fourth-order valence-corrected chi connectivity index (χ4v) is 3.26. The van der Waals surface area contributed by atoms with Crippen LogP contribution in [0.15, 0.2) is 30.3 Å². The maximum Gasteiger partial charge on any atom is 0.313 e. The first-order valence-corrected chi connectivity index (χ1v) is 7.96. The molecule has 0 unspecified atom stereocenters. The lowest BCUT2D eigenvalue weighted by atomic mass is 9.94. The molecule has 1 aliphatic carbocycles. The van der Waals surface area contributed by atoms with E-state index in [2.05, 4.69) is 17.4 Å². The maximum atomic E-state index is 11.8. The van der Waals surface area contributed by atoms with Gasteiger partial charge in [-0.3, -0.25) is 9.59 Å². The van der Waals surface area contributed by atoms with Gasteiger partial charge in [0.15, 0.2) is 0 Å². The highest BCUT2D eigenvalue weighted by Gasteiger charge is 2.29. The molecule has 1 amide bonds. The molecule has 2 N–H and O–H groups in total. The molecular formula is C15H19NO3S. The van der Waals surface area contributed by atoms with Gasteiger partial charge in [0.05, 0.1) is 11.5 Å². The number of hydrogen-bond acceptors (Lipinski definition) is 3. The van der Waals surface area contributed by atoms with Gasteiger partial charge in [-0.1, -0.05) is 36.8 Å². The molecule has 1 aromatic rings. The first-order chi connectivity index (χ1) is 9.66. The van der Waals surface area contributed by atoms with Crippen molar-refractivity contribution in [2.45, 2.75) is 31.2 Å². The Morgan fingerprint density at radius 3 is 2.65 bits per heavy atom. The topological polar surface area (TPSA) is 66.4 Å². The van der Waals surface area contributed by atoms with Gasteiger partial charge in [-0.05, 0) is 18.4 Å². The van der Waals surface area contributed by atoms with Crippen molar-refractivity contribution in [2.75, 3.05) is 11.5 Å². The smallest absolute Gasteiger partial charge is 0.313 e. The van der Waals surface area contributed by atoms with Crippen molar-refractivity contribution in [1.82, 2.24) is 5.32 Å². The molecule has 1 aliphatic rings. The fourth-order valence-electron chi connectivity index (χ4n) is 2.71. The number of carboxylic acids is 1. The van der Waals surface area contributed by atoms with Crippen LogP contribution < -0.4 is 5.32 Å². The van der Waals surface area contributed by atoms with Crippen LogP contribution in [0.25, 0.3) is 0 Å². The van der Waals surface area contributed by atoms with Gasteiger partial charge in [0, 0.05) is 12.0 Å². The van der Waals surface area contributed by atoms with Crippen molar-refractivity contribution >= 4 is 23.6 Å². The predicted molar refractivity (Wildman–Crippen MR) is 79.9 cm³/mol. The van der Waals surface area contributed by atoms with Gasteiger partial charge in [-0.25, -0.2) is 0 Å². The van der Waals surface area contributed by atoms with Crippen LogP contribution in [0.2, 0.25) is 0 Å². The van der Waals surface area contributed by atoms with Crippen molar-refractivity contribution in [3.05, 3.63) is 35.9 Å². The van der Waals surface area contributed by atoms with Gasteiger partial charge in [0.2, 0.25) is 5.91 Å². The molecule has 20 heavy (non-hydrogen) atoms. The molecule has 0 bridgehead atoms. The Morgan fingerprint density at radius 2 is 1.95 bits per heavy atom. The summed E-state index contributed by atoms with van der Waals surface area (Å²) in [5.41, 5.74) is 1.27. The SMILES string of the molecule is O=C(O)CSCC(=O)N[C@@H]1CCC[C@H]1c1ccccc1. The van der Waals surface area contributed by atoms with E-state index in [0.29, 0.717) is 5.92 Å². The van der Waals surface area contributed by atoms with E-state index < -0.39 is 5.97 Å². The minimum atomic E-state index is -0.883. The molecule has 2 rings (SSSR count). The quantitative estimate of drug-likeness (QED) is 0.844. The first kappa shape index (κ1) is 14.9. The van der Waals surface area contributed by atoms with E-state index in [1.165, 1.54) is 5.56 Å². The van der Waals surface area contributed by atoms with Crippen LogP contribution in [-0.4, -0.2) is 34.5 Å². The van der Waals surface area contributed by atoms with Gasteiger partial charge < -0.3 is 10.4 Å². The Bertz CT molecular complexity index is 463. The third kappa shape index (κ3) is 4.27. The molecule has 0 spiro atoms. The predicted octanol–water partition coefficient (Wildman–Crippen LogP) is 2.26. The van der Waals surface area contributed by atoms with E-state index in [-0.39, 0.29) is 23.5 Å². The lowest BCUT2D eigenvalue weighted by Crippen LogP contribution is -2.37. The summed E-state index contributed by atoms with van der Waals surface area (Å²) in [6.07, 6.45) is 3.21. The third-order valence-corrected chi connectivity index (χ3v) is 4.47. The van der Waals surface area contributed by atoms with Crippen LogP contribution >= 0.6 is 11.8 Å². The standard InChI is InChI=1S/C15H19NO3S/c17-14(9-20-10-15(18)19)16-13-8-4-7-12(13)11-5-2-1-3-6-11/h1-3,5-6,12-13H,4,7-10H2,(H,16,17)(H,18,19)/t12-,13+/m0/s1. The summed E-state index contributed by atoms with van der Waals surface area (Å²) in [5, 5.41) is 11.6. The minimum Gasteiger partial charge on any atom is -0.481 e. The number of benzene rings is 1. The molecule has 1 saturated carbocycles. The van der Waals surface area contributed by atoms with E-state index in [4.69, 9.17) is 5.11 Å². The zero-order valence-electron chi connectivity index (χ0n) is 11.2. The monoisotopic (exact) mass is 293 g/mol. The van der Waals surface area contributed by atoms with Gasteiger partial charge in [0.1, 0.15) is 0 Å². The van der Waals surface area contributed by atoms with E-state index in [1.54, 1.807) is 0 Å². The number of carboxylic acid groups (broad SMARTS) is 1. The Hall–Kier alpha value is -1.49. The van der Waals surface area contributed by atoms with Gasteiger partial charge in [0.25, 0.3) is 0 Å². The van der Waals surface area contributed by atoms with Crippen molar-refractivity contribution in [3.8, 4) is 0 Å². The second kappa shape index (κ2) is 7.33. The number of rotatable bonds is 6. The minimum absolute atomic E-state index is 0.0276. The number of thioether (sulfide) groups is 1. The molecule has 108 valence electrons. The molecular weight excluding hydrogens is 274 g/mol. The van der Waals surface area contributed by atoms with Gasteiger partial charge >= 0.3 is 5.97 Å². The number of aliphatic carboxylic acids is 1. The van der Waals surface area contributed by atoms with E-state index in [0.717, 1.165) is 31.0 Å². The molecule has 2 atom stereocenters. The van der Waals surface area contributed by atoms with Gasteiger partial charge in [-0.15, -0.1) is 11.8 Å². The fraction of sp³-hybridized carbons (Fsp3) is 0.467. The Kier molecular flexibility index (Phi) is 5.47. The van der Waals surface area contributed by atoms with Crippen LogP contribution in [0.3, 0.4) is 0 Å². The Balaban J connectivity index is 1.85. The molecule has 5 heteroatoms. The second-order valence-electron chi connectivity index (χ2n) is 5.01. The maximum absolute atomic E-state index is 11.8. The lowest BCUT2D eigenvalue weighted by molar-refractivity contribution is -0.133. The molecule has 0 heterocycles. The lowest BCUT2D eigenvalue weighted by Gasteiger charge is -2.21. The van der Waals surface area contributed by atoms with Crippen molar-refractivity contribution in [2.24, 2.45) is 0 Å². The van der Waals surface area contributed by atoms with E-state index in [9.17, 15) is 9.59 Å². The summed E-state index contributed by atoms with van der Waals surface area (Å²) in [5.74, 6) is -0.385. The van der Waals surface area contributed by atoms with Crippen molar-refractivity contribution < 1.29 is 14.7 Å². The van der Waals surface area contributed by atoms with Gasteiger partial charge in [-0.2, -0.15) is 0 Å². The molecule has 0 radical (unpaired) electrons. The van der Waals surface area contributed by atoms with E-state index >= 15 is 0 Å². The molecule has 0 aromatic heterocycles. The number of carbonyl (C=O) groups excluding carboxylic acids is 1. The van der Waals surface area contributed by atoms with Crippen LogP contribution in [0.1, 0.15) is 30.7 Å². The molecule has 1 fully saturated rings. The summed E-state index contributed by atoms with van der Waals surface area (Å²) in [6, 6.07) is 10.4. The van der Waals surface area contributed by atoms with Crippen LogP contribution in [-0.2, 0) is 9.59 Å². The summed E-state index contributed by atoms with van der Waals surface area (Å²) in [6.45, 7) is 0. The third-order valence-electron chi connectivity index (χ3n) is 3.55. The highest BCUT2D eigenvalue weighted by atomic mass is 32.2. The Morgan fingerprint density at radius 1 is 1.20 bits per heavy atom. The summed E-state index contributed by atoms with van der Waals surface area (Å²) < 4.78 is 0. The molecule has 4 nitrogen and oxygen atoms in total. The van der Waals surface area contributed by atoms with Crippen LogP contribution in [0.5, 0.6) is 0 Å². The number of hydrogen-bond donors (Lipinski definition) is 2. The molecule has 0 aliphatic heterocycles. The normalized spacial score (nSPS) is 21.6. The first-order valence-electron chi connectivity index (χ1n) is 6.80.